The van der Waals surface area contributed by atoms with Crippen molar-refractivity contribution < 1.29 is 17.9 Å². The Morgan fingerprint density at radius 1 is 1.13 bits per heavy atom. The van der Waals surface area contributed by atoms with Gasteiger partial charge in [0.15, 0.2) is 0 Å². The molecule has 3 aromatic rings. The third-order valence-corrected chi connectivity index (χ3v) is 6.77. The monoisotopic (exact) mass is 459 g/mol. The minimum absolute atomic E-state index is 0.0380. The number of rotatable bonds is 9. The molecule has 0 spiro atoms. The lowest BCUT2D eigenvalue weighted by Gasteiger charge is -2.14. The molecule has 0 unspecified atom stereocenters. The Hall–Kier alpha value is -2.91. The zero-order valence-electron chi connectivity index (χ0n) is 17.6. The normalized spacial score (nSPS) is 11.2. The van der Waals surface area contributed by atoms with Crippen LogP contribution in [0.4, 0.5) is 11.4 Å². The summed E-state index contributed by atoms with van der Waals surface area (Å²) in [6.45, 7) is 5.83. The maximum atomic E-state index is 12.8. The first-order valence-corrected chi connectivity index (χ1v) is 12.4. The van der Waals surface area contributed by atoms with Crippen molar-refractivity contribution in [3.8, 4) is 5.75 Å². The van der Waals surface area contributed by atoms with Gasteiger partial charge >= 0.3 is 0 Å². The third-order valence-electron chi connectivity index (χ3n) is 4.47. The van der Waals surface area contributed by atoms with E-state index in [2.05, 4.69) is 15.0 Å². The first-order chi connectivity index (χ1) is 14.8. The summed E-state index contributed by atoms with van der Waals surface area (Å²) >= 11 is 1.56. The fraction of sp³-hybridized carbons (Fsp3) is 0.273. The molecule has 3 rings (SSSR count). The maximum Gasteiger partial charge on any atom is 0.255 e. The fourth-order valence-electron chi connectivity index (χ4n) is 2.92. The molecule has 0 saturated carbocycles. The van der Waals surface area contributed by atoms with Crippen molar-refractivity contribution in [2.24, 2.45) is 0 Å². The number of carbonyl (C=O) groups is 1. The smallest absolute Gasteiger partial charge is 0.255 e. The first kappa shape index (κ1) is 22.8. The van der Waals surface area contributed by atoms with E-state index < -0.39 is 10.0 Å². The number of aryl methyl sites for hydroxylation is 1. The number of hydrogen-bond acceptors (Lipinski definition) is 6. The molecular formula is C22H25N3O4S2. The standard InChI is InChI=1S/C22H25N3O4S2/c1-4-11-31(27,28)25-21-10-6-9-20(15(21)2)24-22(26)17-7-5-8-19(12-17)29-13-18-14-30-16(3)23-18/h5-10,12,14,25H,4,11,13H2,1-3H3,(H,24,26). The fourth-order valence-corrected chi connectivity index (χ4v) is 4.72. The lowest BCUT2D eigenvalue weighted by atomic mass is 10.1. The largest absolute Gasteiger partial charge is 0.487 e. The molecule has 0 fully saturated rings. The van der Waals surface area contributed by atoms with Crippen molar-refractivity contribution in [2.75, 3.05) is 15.8 Å². The summed E-state index contributed by atoms with van der Waals surface area (Å²) in [5, 5.41) is 5.76. The SMILES string of the molecule is CCCS(=O)(=O)Nc1cccc(NC(=O)c2cccc(OCc3csc(C)n3)c2)c1C. The molecule has 1 amide bonds. The number of carbonyl (C=O) groups excluding carboxylic acids is 1. The molecule has 0 saturated heterocycles. The number of anilines is 2. The summed E-state index contributed by atoms with van der Waals surface area (Å²) < 4.78 is 32.5. The Kier molecular flexibility index (Phi) is 7.29. The van der Waals surface area contributed by atoms with E-state index in [1.165, 1.54) is 0 Å². The second kappa shape index (κ2) is 9.93. The Balaban J connectivity index is 1.70. The predicted octanol–water partition coefficient (Wildman–Crippen LogP) is 4.74. The number of nitrogens with zero attached hydrogens (tertiary/aromatic N) is 1. The molecule has 31 heavy (non-hydrogen) atoms. The average molecular weight is 460 g/mol. The van der Waals surface area contributed by atoms with Crippen LogP contribution < -0.4 is 14.8 Å². The number of amides is 1. The van der Waals surface area contributed by atoms with Gasteiger partial charge in [0.1, 0.15) is 12.4 Å². The highest BCUT2D eigenvalue weighted by atomic mass is 32.2. The zero-order chi connectivity index (χ0) is 22.4. The van der Waals surface area contributed by atoms with Crippen molar-refractivity contribution in [3.63, 3.8) is 0 Å². The lowest BCUT2D eigenvalue weighted by molar-refractivity contribution is 0.102. The van der Waals surface area contributed by atoms with Crippen molar-refractivity contribution >= 4 is 38.6 Å². The summed E-state index contributed by atoms with van der Waals surface area (Å²) in [5.41, 5.74) is 2.90. The van der Waals surface area contributed by atoms with Crippen LogP contribution in [0.15, 0.2) is 47.8 Å². The predicted molar refractivity (Wildman–Crippen MR) is 124 cm³/mol. The van der Waals surface area contributed by atoms with Crippen LogP contribution in [0.25, 0.3) is 0 Å². The van der Waals surface area contributed by atoms with Crippen LogP contribution in [-0.2, 0) is 16.6 Å². The summed E-state index contributed by atoms with van der Waals surface area (Å²) in [4.78, 5) is 17.1. The van der Waals surface area contributed by atoms with Gasteiger partial charge in [-0.25, -0.2) is 13.4 Å². The van der Waals surface area contributed by atoms with Gasteiger partial charge in [-0.2, -0.15) is 0 Å². The number of ether oxygens (including phenoxy) is 1. The van der Waals surface area contributed by atoms with Crippen molar-refractivity contribution in [1.82, 2.24) is 4.98 Å². The molecular weight excluding hydrogens is 434 g/mol. The minimum atomic E-state index is -3.42. The molecule has 0 aliphatic carbocycles. The van der Waals surface area contributed by atoms with E-state index in [0.29, 0.717) is 41.3 Å². The molecule has 0 aliphatic heterocycles. The minimum Gasteiger partial charge on any atom is -0.487 e. The number of hydrogen-bond donors (Lipinski definition) is 2. The summed E-state index contributed by atoms with van der Waals surface area (Å²) in [7, 11) is -3.42. The van der Waals surface area contributed by atoms with Gasteiger partial charge in [0.2, 0.25) is 10.0 Å². The van der Waals surface area contributed by atoms with Gasteiger partial charge in [-0.1, -0.05) is 19.1 Å². The van der Waals surface area contributed by atoms with Crippen LogP contribution >= 0.6 is 11.3 Å². The number of benzene rings is 2. The maximum absolute atomic E-state index is 12.8. The molecule has 2 N–H and O–H groups in total. The molecule has 0 radical (unpaired) electrons. The van der Waals surface area contributed by atoms with Crippen LogP contribution in [0, 0.1) is 13.8 Å². The van der Waals surface area contributed by atoms with Crippen LogP contribution in [-0.4, -0.2) is 25.1 Å². The van der Waals surface area contributed by atoms with Gasteiger partial charge in [-0.3, -0.25) is 9.52 Å². The van der Waals surface area contributed by atoms with E-state index in [-0.39, 0.29) is 11.7 Å². The van der Waals surface area contributed by atoms with Crippen molar-refractivity contribution in [1.29, 1.82) is 0 Å². The van der Waals surface area contributed by atoms with Crippen LogP contribution in [0.2, 0.25) is 0 Å². The van der Waals surface area contributed by atoms with E-state index in [4.69, 9.17) is 4.74 Å². The van der Waals surface area contributed by atoms with Crippen LogP contribution in [0.1, 0.15) is 40.0 Å². The number of thiazole rings is 1. The van der Waals surface area contributed by atoms with E-state index in [0.717, 1.165) is 10.7 Å². The van der Waals surface area contributed by atoms with Gasteiger partial charge in [0.25, 0.3) is 5.91 Å². The van der Waals surface area contributed by atoms with Gasteiger partial charge in [0.05, 0.1) is 22.1 Å². The molecule has 0 atom stereocenters. The van der Waals surface area contributed by atoms with Crippen molar-refractivity contribution in [2.45, 2.75) is 33.8 Å². The van der Waals surface area contributed by atoms with Gasteiger partial charge < -0.3 is 10.1 Å². The molecule has 1 heterocycles. The molecule has 164 valence electrons. The van der Waals surface area contributed by atoms with E-state index >= 15 is 0 Å². The quantitative estimate of drug-likeness (QED) is 0.482. The highest BCUT2D eigenvalue weighted by molar-refractivity contribution is 7.92. The molecule has 9 heteroatoms. The molecule has 7 nitrogen and oxygen atoms in total. The summed E-state index contributed by atoms with van der Waals surface area (Å²) in [6.07, 6.45) is 0.519. The van der Waals surface area contributed by atoms with Crippen molar-refractivity contribution in [3.05, 3.63) is 69.7 Å². The number of aromatic nitrogens is 1. The summed E-state index contributed by atoms with van der Waals surface area (Å²) in [5.74, 6) is 0.291. The second-order valence-corrected chi connectivity index (χ2v) is 9.93. The Morgan fingerprint density at radius 3 is 2.58 bits per heavy atom. The third kappa shape index (κ3) is 6.28. The Labute approximate surface area is 186 Å². The molecule has 0 bridgehead atoms. The summed E-state index contributed by atoms with van der Waals surface area (Å²) in [6, 6.07) is 12.0. The number of sulfonamides is 1. The zero-order valence-corrected chi connectivity index (χ0v) is 19.3. The highest BCUT2D eigenvalue weighted by Crippen LogP contribution is 2.25. The van der Waals surface area contributed by atoms with Gasteiger partial charge in [0, 0.05) is 16.6 Å². The molecule has 0 aliphatic rings. The van der Waals surface area contributed by atoms with Crippen LogP contribution in [0.3, 0.4) is 0 Å². The first-order valence-electron chi connectivity index (χ1n) is 9.82. The second-order valence-electron chi connectivity index (χ2n) is 7.03. The topological polar surface area (TPSA) is 97.4 Å². The van der Waals surface area contributed by atoms with E-state index in [1.807, 2.05) is 12.3 Å². The van der Waals surface area contributed by atoms with Gasteiger partial charge in [-0.05, 0) is 56.2 Å². The number of nitrogens with one attached hydrogen (secondary N) is 2. The van der Waals surface area contributed by atoms with E-state index in [1.54, 1.807) is 67.6 Å². The highest BCUT2D eigenvalue weighted by Gasteiger charge is 2.14. The van der Waals surface area contributed by atoms with Gasteiger partial charge in [-0.15, -0.1) is 11.3 Å². The average Bonchev–Trinajstić information content (AvgIpc) is 3.14. The Bertz CT molecular complexity index is 1170. The Morgan fingerprint density at radius 2 is 1.87 bits per heavy atom. The van der Waals surface area contributed by atoms with Crippen LogP contribution in [0.5, 0.6) is 5.75 Å². The molecule has 1 aromatic heterocycles. The lowest BCUT2D eigenvalue weighted by Crippen LogP contribution is -2.18. The molecule has 2 aromatic carbocycles. The van der Waals surface area contributed by atoms with E-state index in [9.17, 15) is 13.2 Å².